The van der Waals surface area contributed by atoms with Crippen LogP contribution in [0.3, 0.4) is 0 Å². The highest BCUT2D eigenvalue weighted by molar-refractivity contribution is 5.95. The number of nitrogens with one attached hydrogen (secondary N) is 2. The molecule has 1 aliphatic carbocycles. The van der Waals surface area contributed by atoms with Gasteiger partial charge in [0.05, 0.1) is 12.3 Å². The van der Waals surface area contributed by atoms with E-state index in [-0.39, 0.29) is 35.7 Å². The molecule has 0 aromatic heterocycles. The van der Waals surface area contributed by atoms with Gasteiger partial charge in [0, 0.05) is 30.7 Å². The quantitative estimate of drug-likeness (QED) is 0.690. The van der Waals surface area contributed by atoms with E-state index in [9.17, 15) is 14.4 Å². The topological polar surface area (TPSA) is 78.5 Å². The van der Waals surface area contributed by atoms with E-state index in [1.165, 1.54) is 0 Å². The van der Waals surface area contributed by atoms with Crippen LogP contribution in [0.5, 0.6) is 0 Å². The van der Waals surface area contributed by atoms with E-state index in [1.54, 1.807) is 0 Å². The van der Waals surface area contributed by atoms with E-state index < -0.39 is 0 Å². The molecule has 0 bridgehead atoms. The third-order valence-corrected chi connectivity index (χ3v) is 7.14. The first-order chi connectivity index (χ1) is 16.5. The highest BCUT2D eigenvalue weighted by atomic mass is 16.2. The van der Waals surface area contributed by atoms with Crippen LogP contribution in [0.15, 0.2) is 54.6 Å². The van der Waals surface area contributed by atoms with Gasteiger partial charge >= 0.3 is 0 Å². The van der Waals surface area contributed by atoms with E-state index in [2.05, 4.69) is 10.6 Å². The number of hydrogen-bond acceptors (Lipinski definition) is 3. The highest BCUT2D eigenvalue weighted by Gasteiger charge is 2.33. The lowest BCUT2D eigenvalue weighted by atomic mass is 9.88. The van der Waals surface area contributed by atoms with Gasteiger partial charge in [-0.2, -0.15) is 0 Å². The summed E-state index contributed by atoms with van der Waals surface area (Å²) in [6, 6.07) is 17.1. The SMILES string of the molecule is Cc1ccccc1C(=O)N[C@@H]1CCCC[C@H]1NC(=O)[C@H]1CCCN(C(=O)Cc2ccccc2)C1. The molecule has 2 aliphatic rings. The van der Waals surface area contributed by atoms with Gasteiger partial charge in [-0.05, 0) is 49.8 Å². The Bertz CT molecular complexity index is 1010. The summed E-state index contributed by atoms with van der Waals surface area (Å²) >= 11 is 0. The zero-order chi connectivity index (χ0) is 23.9. The Kier molecular flexibility index (Phi) is 7.99. The Morgan fingerprint density at radius 3 is 2.26 bits per heavy atom. The Morgan fingerprint density at radius 2 is 1.53 bits per heavy atom. The molecule has 1 saturated heterocycles. The largest absolute Gasteiger partial charge is 0.351 e. The average Bonchev–Trinajstić information content (AvgIpc) is 2.86. The zero-order valence-electron chi connectivity index (χ0n) is 20.0. The Labute approximate surface area is 202 Å². The van der Waals surface area contributed by atoms with Gasteiger partial charge in [0.25, 0.3) is 5.91 Å². The number of benzene rings is 2. The maximum Gasteiger partial charge on any atom is 0.251 e. The lowest BCUT2D eigenvalue weighted by Crippen LogP contribution is -2.55. The minimum absolute atomic E-state index is 0.000693. The lowest BCUT2D eigenvalue weighted by molar-refractivity contribution is -0.135. The number of hydrogen-bond donors (Lipinski definition) is 2. The molecule has 6 nitrogen and oxygen atoms in total. The molecule has 0 unspecified atom stereocenters. The second-order valence-corrected chi connectivity index (χ2v) is 9.64. The van der Waals surface area contributed by atoms with E-state index in [0.717, 1.165) is 49.7 Å². The van der Waals surface area contributed by atoms with Gasteiger partial charge in [-0.15, -0.1) is 0 Å². The number of piperidine rings is 1. The number of rotatable bonds is 6. The summed E-state index contributed by atoms with van der Waals surface area (Å²) in [5.41, 5.74) is 2.62. The molecule has 0 radical (unpaired) electrons. The molecular formula is C28H35N3O3. The molecule has 34 heavy (non-hydrogen) atoms. The number of nitrogens with zero attached hydrogens (tertiary/aromatic N) is 1. The van der Waals surface area contributed by atoms with Gasteiger partial charge in [0.15, 0.2) is 0 Å². The van der Waals surface area contributed by atoms with Crippen LogP contribution in [-0.4, -0.2) is 47.8 Å². The molecule has 2 N–H and O–H groups in total. The first kappa shape index (κ1) is 24.0. The summed E-state index contributed by atoms with van der Waals surface area (Å²) in [7, 11) is 0. The van der Waals surface area contributed by atoms with Crippen molar-refractivity contribution in [2.24, 2.45) is 5.92 Å². The van der Waals surface area contributed by atoms with Crippen molar-refractivity contribution in [3.63, 3.8) is 0 Å². The molecule has 3 amide bonds. The number of aryl methyl sites for hydroxylation is 1. The van der Waals surface area contributed by atoms with Crippen LogP contribution in [0.2, 0.25) is 0 Å². The molecule has 1 saturated carbocycles. The summed E-state index contributed by atoms with van der Waals surface area (Å²) in [5, 5.41) is 6.40. The third-order valence-electron chi connectivity index (χ3n) is 7.14. The lowest BCUT2D eigenvalue weighted by Gasteiger charge is -2.36. The average molecular weight is 462 g/mol. The molecule has 2 aromatic carbocycles. The van der Waals surface area contributed by atoms with Crippen molar-refractivity contribution >= 4 is 17.7 Å². The molecule has 0 spiro atoms. The summed E-state index contributed by atoms with van der Waals surface area (Å²) in [6.45, 7) is 3.10. The van der Waals surface area contributed by atoms with Gasteiger partial charge in [-0.1, -0.05) is 61.4 Å². The molecule has 6 heteroatoms. The van der Waals surface area contributed by atoms with E-state index >= 15 is 0 Å². The Balaban J connectivity index is 1.34. The molecule has 1 heterocycles. The fourth-order valence-electron chi connectivity index (χ4n) is 5.15. The van der Waals surface area contributed by atoms with Crippen LogP contribution >= 0.6 is 0 Å². The Hall–Kier alpha value is -3.15. The van der Waals surface area contributed by atoms with Crippen LogP contribution in [-0.2, 0) is 16.0 Å². The van der Waals surface area contributed by atoms with Gasteiger partial charge < -0.3 is 15.5 Å². The van der Waals surface area contributed by atoms with Crippen LogP contribution in [0.1, 0.15) is 60.0 Å². The Morgan fingerprint density at radius 1 is 0.853 bits per heavy atom. The molecule has 180 valence electrons. The molecule has 2 aromatic rings. The number of carbonyl (C=O) groups is 3. The second-order valence-electron chi connectivity index (χ2n) is 9.64. The fourth-order valence-corrected chi connectivity index (χ4v) is 5.15. The third kappa shape index (κ3) is 6.04. The summed E-state index contributed by atoms with van der Waals surface area (Å²) < 4.78 is 0. The smallest absolute Gasteiger partial charge is 0.251 e. The number of amides is 3. The summed E-state index contributed by atoms with van der Waals surface area (Å²) in [5.74, 6) is -0.216. The summed E-state index contributed by atoms with van der Waals surface area (Å²) in [6.07, 6.45) is 5.77. The van der Waals surface area contributed by atoms with Crippen molar-refractivity contribution in [2.45, 2.75) is 64.0 Å². The van der Waals surface area contributed by atoms with Crippen molar-refractivity contribution < 1.29 is 14.4 Å². The van der Waals surface area contributed by atoms with Crippen LogP contribution in [0, 0.1) is 12.8 Å². The van der Waals surface area contributed by atoms with Crippen LogP contribution in [0.25, 0.3) is 0 Å². The fraction of sp³-hybridized carbons (Fsp3) is 0.464. The van der Waals surface area contributed by atoms with Gasteiger partial charge in [0.1, 0.15) is 0 Å². The predicted octanol–water partition coefficient (Wildman–Crippen LogP) is 3.63. The molecular weight excluding hydrogens is 426 g/mol. The first-order valence-electron chi connectivity index (χ1n) is 12.5. The van der Waals surface area contributed by atoms with E-state index in [0.29, 0.717) is 25.1 Å². The van der Waals surface area contributed by atoms with Crippen molar-refractivity contribution in [2.75, 3.05) is 13.1 Å². The van der Waals surface area contributed by atoms with Crippen molar-refractivity contribution in [1.29, 1.82) is 0 Å². The van der Waals surface area contributed by atoms with E-state index in [4.69, 9.17) is 0 Å². The normalized spacial score (nSPS) is 22.6. The van der Waals surface area contributed by atoms with Crippen molar-refractivity contribution in [1.82, 2.24) is 15.5 Å². The maximum absolute atomic E-state index is 13.2. The second kappa shape index (κ2) is 11.3. The standard InChI is InChI=1S/C28H35N3O3/c1-20-10-5-6-14-23(20)28(34)30-25-16-8-7-15-24(25)29-27(33)22-13-9-17-31(19-22)26(32)18-21-11-3-2-4-12-21/h2-6,10-12,14,22,24-25H,7-9,13,15-19H2,1H3,(H,29,33)(H,30,34)/t22-,24+,25+/m0/s1. The molecule has 4 rings (SSSR count). The molecule has 3 atom stereocenters. The van der Waals surface area contributed by atoms with Crippen molar-refractivity contribution in [3.05, 3.63) is 71.3 Å². The van der Waals surface area contributed by atoms with Gasteiger partial charge in [-0.3, -0.25) is 14.4 Å². The molecule has 1 aliphatic heterocycles. The van der Waals surface area contributed by atoms with Gasteiger partial charge in [-0.25, -0.2) is 0 Å². The minimum atomic E-state index is -0.205. The minimum Gasteiger partial charge on any atom is -0.351 e. The van der Waals surface area contributed by atoms with Crippen LogP contribution < -0.4 is 10.6 Å². The monoisotopic (exact) mass is 461 g/mol. The highest BCUT2D eigenvalue weighted by Crippen LogP contribution is 2.22. The zero-order valence-corrected chi connectivity index (χ0v) is 20.0. The van der Waals surface area contributed by atoms with Crippen molar-refractivity contribution in [3.8, 4) is 0 Å². The van der Waals surface area contributed by atoms with Crippen LogP contribution in [0.4, 0.5) is 0 Å². The maximum atomic E-state index is 13.2. The first-order valence-corrected chi connectivity index (χ1v) is 12.5. The number of likely N-dealkylation sites (tertiary alicyclic amines) is 1. The van der Waals surface area contributed by atoms with Gasteiger partial charge in [0.2, 0.25) is 11.8 Å². The van der Waals surface area contributed by atoms with E-state index in [1.807, 2.05) is 66.4 Å². The molecule has 2 fully saturated rings. The number of carbonyl (C=O) groups excluding carboxylic acids is 3. The summed E-state index contributed by atoms with van der Waals surface area (Å²) in [4.78, 5) is 40.7. The predicted molar refractivity (Wildman–Crippen MR) is 132 cm³/mol.